The fourth-order valence-corrected chi connectivity index (χ4v) is 4.65. The highest BCUT2D eigenvalue weighted by molar-refractivity contribution is 8.18. The van der Waals surface area contributed by atoms with Gasteiger partial charge in [0.2, 0.25) is 0 Å². The van der Waals surface area contributed by atoms with E-state index in [1.54, 1.807) is 54.6 Å². The minimum atomic E-state index is -0.360. The largest absolute Gasteiger partial charge is 0.493 e. The van der Waals surface area contributed by atoms with Crippen molar-refractivity contribution < 1.29 is 23.5 Å². The molecule has 1 fully saturated rings. The summed E-state index contributed by atoms with van der Waals surface area (Å²) in [5.41, 5.74) is 3.11. The maximum Gasteiger partial charge on any atom is 0.293 e. The van der Waals surface area contributed by atoms with Crippen molar-refractivity contribution >= 4 is 40.6 Å². The molecule has 0 atom stereocenters. The van der Waals surface area contributed by atoms with Gasteiger partial charge in [-0.3, -0.25) is 14.5 Å². The van der Waals surface area contributed by atoms with Crippen molar-refractivity contribution in [2.24, 2.45) is 0 Å². The van der Waals surface area contributed by atoms with Crippen molar-refractivity contribution in [3.63, 3.8) is 0 Å². The summed E-state index contributed by atoms with van der Waals surface area (Å²) in [6.45, 7) is 4.21. The SMILES string of the molecule is C=CCc1cc(/C=C2/SC(=O)N(Cc3ccc(Cl)cc3)C2=O)cc(OC)c1OCc1ccc(F)cc1. The molecule has 1 aliphatic heterocycles. The summed E-state index contributed by atoms with van der Waals surface area (Å²) >= 11 is 6.82. The number of allylic oxidation sites excluding steroid dienone is 1. The lowest BCUT2D eigenvalue weighted by atomic mass is 10.0. The third-order valence-corrected chi connectivity index (χ3v) is 6.62. The number of benzene rings is 3. The highest BCUT2D eigenvalue weighted by Crippen LogP contribution is 2.38. The Morgan fingerprint density at radius 2 is 1.75 bits per heavy atom. The molecule has 1 aliphatic rings. The average Bonchev–Trinajstić information content (AvgIpc) is 3.12. The molecular formula is C28H23ClFNO4S. The lowest BCUT2D eigenvalue weighted by molar-refractivity contribution is -0.123. The Morgan fingerprint density at radius 1 is 1.06 bits per heavy atom. The number of ether oxygens (including phenoxy) is 2. The Hall–Kier alpha value is -3.55. The highest BCUT2D eigenvalue weighted by Gasteiger charge is 2.35. The number of carbonyl (C=O) groups excluding carboxylic acids is 2. The van der Waals surface area contributed by atoms with Crippen LogP contribution in [-0.2, 0) is 24.4 Å². The number of carbonyl (C=O) groups is 2. The number of thioether (sulfide) groups is 1. The number of hydrogen-bond acceptors (Lipinski definition) is 5. The molecule has 0 bridgehead atoms. The summed E-state index contributed by atoms with van der Waals surface area (Å²) < 4.78 is 24.8. The normalized spacial score (nSPS) is 14.4. The minimum absolute atomic E-state index is 0.167. The monoisotopic (exact) mass is 523 g/mol. The number of rotatable bonds is 9. The third kappa shape index (κ3) is 5.98. The standard InChI is InChI=1S/C28H23ClFNO4S/c1-3-4-21-13-20(14-24(34-2)26(21)35-17-19-7-11-23(30)12-8-19)15-25-27(32)31(28(33)36-25)16-18-5-9-22(29)10-6-18/h3,5-15H,1,4,16-17H2,2H3/b25-15+. The number of imide groups is 1. The molecule has 0 saturated carbocycles. The summed E-state index contributed by atoms with van der Waals surface area (Å²) in [4.78, 5) is 27.1. The number of hydrogen-bond donors (Lipinski definition) is 0. The van der Waals surface area contributed by atoms with Crippen molar-refractivity contribution in [2.75, 3.05) is 7.11 Å². The van der Waals surface area contributed by atoms with Gasteiger partial charge in [-0.05, 0) is 77.3 Å². The van der Waals surface area contributed by atoms with Gasteiger partial charge in [-0.25, -0.2) is 4.39 Å². The van der Waals surface area contributed by atoms with Crippen LogP contribution in [0.2, 0.25) is 5.02 Å². The van der Waals surface area contributed by atoms with Crippen molar-refractivity contribution in [1.82, 2.24) is 4.90 Å². The van der Waals surface area contributed by atoms with Gasteiger partial charge in [-0.15, -0.1) is 6.58 Å². The van der Waals surface area contributed by atoms with E-state index in [0.29, 0.717) is 33.4 Å². The van der Waals surface area contributed by atoms with Crippen LogP contribution < -0.4 is 9.47 Å². The molecule has 8 heteroatoms. The van der Waals surface area contributed by atoms with Gasteiger partial charge in [0.05, 0.1) is 18.6 Å². The summed E-state index contributed by atoms with van der Waals surface area (Å²) in [5, 5.41) is 0.251. The quantitative estimate of drug-likeness (QED) is 0.222. The molecule has 0 aromatic heterocycles. The summed E-state index contributed by atoms with van der Waals surface area (Å²) in [6.07, 6.45) is 3.91. The Balaban J connectivity index is 1.58. The molecule has 0 unspecified atom stereocenters. The van der Waals surface area contributed by atoms with Crippen LogP contribution in [0.3, 0.4) is 0 Å². The molecule has 3 aromatic carbocycles. The van der Waals surface area contributed by atoms with Crippen LogP contribution in [-0.4, -0.2) is 23.2 Å². The lowest BCUT2D eigenvalue weighted by Crippen LogP contribution is -2.27. The summed E-state index contributed by atoms with van der Waals surface area (Å²) in [7, 11) is 1.53. The van der Waals surface area contributed by atoms with Gasteiger partial charge >= 0.3 is 0 Å². The van der Waals surface area contributed by atoms with Crippen LogP contribution in [0.15, 0.2) is 78.2 Å². The van der Waals surface area contributed by atoms with E-state index in [4.69, 9.17) is 21.1 Å². The predicted octanol–water partition coefficient (Wildman–Crippen LogP) is 7.03. The molecule has 1 saturated heterocycles. The summed E-state index contributed by atoms with van der Waals surface area (Å²) in [6, 6.07) is 16.7. The van der Waals surface area contributed by atoms with Crippen molar-refractivity contribution in [3.8, 4) is 11.5 Å². The maximum absolute atomic E-state index is 13.2. The fraction of sp³-hybridized carbons (Fsp3) is 0.143. The average molecular weight is 524 g/mol. The molecule has 36 heavy (non-hydrogen) atoms. The Bertz CT molecular complexity index is 1320. The molecule has 4 rings (SSSR count). The van der Waals surface area contributed by atoms with E-state index >= 15 is 0 Å². The Kier molecular flexibility index (Phi) is 8.13. The molecule has 0 radical (unpaired) electrons. The number of nitrogens with zero attached hydrogens (tertiary/aromatic N) is 1. The molecule has 5 nitrogen and oxygen atoms in total. The van der Waals surface area contributed by atoms with Gasteiger partial charge < -0.3 is 9.47 Å². The first kappa shape index (κ1) is 25.5. The first-order valence-corrected chi connectivity index (χ1v) is 12.3. The number of methoxy groups -OCH3 is 1. The second kappa shape index (κ2) is 11.5. The molecule has 0 aliphatic carbocycles. The topological polar surface area (TPSA) is 55.8 Å². The second-order valence-corrected chi connectivity index (χ2v) is 9.44. The van der Waals surface area contributed by atoms with E-state index in [1.165, 1.54) is 24.1 Å². The fourth-order valence-electron chi connectivity index (χ4n) is 3.69. The van der Waals surface area contributed by atoms with E-state index in [0.717, 1.165) is 28.5 Å². The molecule has 184 valence electrons. The zero-order chi connectivity index (χ0) is 25.7. The number of amides is 2. The van der Waals surface area contributed by atoms with Crippen LogP contribution in [0.1, 0.15) is 22.3 Å². The van der Waals surface area contributed by atoms with Gasteiger partial charge in [-0.2, -0.15) is 0 Å². The zero-order valence-electron chi connectivity index (χ0n) is 19.5. The third-order valence-electron chi connectivity index (χ3n) is 5.46. The molecule has 0 N–H and O–H groups in total. The van der Waals surface area contributed by atoms with Crippen molar-refractivity contribution in [2.45, 2.75) is 19.6 Å². The highest BCUT2D eigenvalue weighted by atomic mass is 35.5. The predicted molar refractivity (Wildman–Crippen MR) is 141 cm³/mol. The first-order valence-electron chi connectivity index (χ1n) is 11.1. The smallest absolute Gasteiger partial charge is 0.293 e. The van der Waals surface area contributed by atoms with Crippen LogP contribution >= 0.6 is 23.4 Å². The Morgan fingerprint density at radius 3 is 2.42 bits per heavy atom. The van der Waals surface area contributed by atoms with Gasteiger partial charge in [0, 0.05) is 10.6 Å². The van der Waals surface area contributed by atoms with Crippen LogP contribution in [0.5, 0.6) is 11.5 Å². The molecule has 1 heterocycles. The molecular weight excluding hydrogens is 501 g/mol. The molecule has 0 spiro atoms. The van der Waals surface area contributed by atoms with Gasteiger partial charge in [0.1, 0.15) is 12.4 Å². The second-order valence-electron chi connectivity index (χ2n) is 8.01. The van der Waals surface area contributed by atoms with Gasteiger partial charge in [-0.1, -0.05) is 41.9 Å². The van der Waals surface area contributed by atoms with Crippen molar-refractivity contribution in [1.29, 1.82) is 0 Å². The van der Waals surface area contributed by atoms with Gasteiger partial charge in [0.25, 0.3) is 11.1 Å². The van der Waals surface area contributed by atoms with Crippen LogP contribution in [0.25, 0.3) is 6.08 Å². The van der Waals surface area contributed by atoms with E-state index in [1.807, 2.05) is 6.07 Å². The maximum atomic E-state index is 13.2. The van der Waals surface area contributed by atoms with Gasteiger partial charge in [0.15, 0.2) is 11.5 Å². The Labute approximate surface area is 218 Å². The number of halogens is 2. The molecule has 3 aromatic rings. The van der Waals surface area contributed by atoms with E-state index < -0.39 is 0 Å². The van der Waals surface area contributed by atoms with Crippen LogP contribution in [0, 0.1) is 5.82 Å². The van der Waals surface area contributed by atoms with E-state index in [2.05, 4.69) is 6.58 Å². The molecule has 2 amide bonds. The summed E-state index contributed by atoms with van der Waals surface area (Å²) in [5.74, 6) is 0.337. The van der Waals surface area contributed by atoms with Crippen molar-refractivity contribution in [3.05, 3.63) is 111 Å². The van der Waals surface area contributed by atoms with Crippen LogP contribution in [0.4, 0.5) is 9.18 Å². The zero-order valence-corrected chi connectivity index (χ0v) is 21.1. The first-order chi connectivity index (χ1) is 17.4. The minimum Gasteiger partial charge on any atom is -0.493 e. The van der Waals surface area contributed by atoms with E-state index in [9.17, 15) is 14.0 Å². The lowest BCUT2D eigenvalue weighted by Gasteiger charge is -2.16. The van der Waals surface area contributed by atoms with E-state index in [-0.39, 0.29) is 30.1 Å².